The molecule has 1 atom stereocenters. The summed E-state index contributed by atoms with van der Waals surface area (Å²) in [4.78, 5) is 15.8. The summed E-state index contributed by atoms with van der Waals surface area (Å²) in [7, 11) is 0. The summed E-state index contributed by atoms with van der Waals surface area (Å²) in [6, 6.07) is 0.545. The Morgan fingerprint density at radius 1 is 1.33 bits per heavy atom. The van der Waals surface area contributed by atoms with Crippen LogP contribution in [0.25, 0.3) is 0 Å². The van der Waals surface area contributed by atoms with E-state index >= 15 is 0 Å². The lowest BCUT2D eigenvalue weighted by Gasteiger charge is -2.42. The lowest BCUT2D eigenvalue weighted by molar-refractivity contribution is -0.131. The number of carbonyl (C=O) groups is 1. The predicted octanol–water partition coefficient (Wildman–Crippen LogP) is 1.34. The molecule has 1 amide bonds. The topological polar surface area (TPSA) is 23.6 Å². The molecule has 0 spiro atoms. The first-order valence-corrected chi connectivity index (χ1v) is 6.16. The number of hydrogen-bond acceptors (Lipinski definition) is 2. The van der Waals surface area contributed by atoms with E-state index in [4.69, 9.17) is 0 Å². The molecule has 0 aromatic heterocycles. The molecule has 2 aliphatic rings. The molecule has 0 radical (unpaired) electrons. The van der Waals surface area contributed by atoms with Gasteiger partial charge in [0.25, 0.3) is 0 Å². The molecule has 1 saturated heterocycles. The lowest BCUT2D eigenvalue weighted by atomic mass is 9.84. The standard InChI is InChI=1S/C12H22N2O/c1-10-8-14(11(2)15)7-6-13(10)9-12-4-3-5-12/h10,12H,3-9H2,1-2H3. The molecule has 86 valence electrons. The van der Waals surface area contributed by atoms with Crippen molar-refractivity contribution < 1.29 is 4.79 Å². The second-order valence-corrected chi connectivity index (χ2v) is 5.11. The highest BCUT2D eigenvalue weighted by molar-refractivity contribution is 5.73. The molecule has 3 heteroatoms. The summed E-state index contributed by atoms with van der Waals surface area (Å²) < 4.78 is 0. The Kier molecular flexibility index (Phi) is 3.29. The molecule has 2 rings (SSSR count). The first-order chi connectivity index (χ1) is 7.16. The van der Waals surface area contributed by atoms with Crippen LogP contribution in [0, 0.1) is 5.92 Å². The fourth-order valence-corrected chi connectivity index (χ4v) is 2.56. The third kappa shape index (κ3) is 2.51. The normalized spacial score (nSPS) is 28.9. The summed E-state index contributed by atoms with van der Waals surface area (Å²) in [6.45, 7) is 8.08. The van der Waals surface area contributed by atoms with Crippen molar-refractivity contribution in [2.45, 2.75) is 39.2 Å². The molecule has 1 heterocycles. The van der Waals surface area contributed by atoms with Crippen molar-refractivity contribution in [3.05, 3.63) is 0 Å². The largest absolute Gasteiger partial charge is 0.340 e. The van der Waals surface area contributed by atoms with Crippen molar-refractivity contribution in [3.63, 3.8) is 0 Å². The van der Waals surface area contributed by atoms with Gasteiger partial charge in [-0.2, -0.15) is 0 Å². The fourth-order valence-electron chi connectivity index (χ4n) is 2.56. The van der Waals surface area contributed by atoms with Gasteiger partial charge in [0.05, 0.1) is 0 Å². The van der Waals surface area contributed by atoms with Gasteiger partial charge in [-0.25, -0.2) is 0 Å². The van der Waals surface area contributed by atoms with Crippen LogP contribution in [0.4, 0.5) is 0 Å². The van der Waals surface area contributed by atoms with E-state index in [0.717, 1.165) is 25.6 Å². The number of carbonyl (C=O) groups excluding carboxylic acids is 1. The van der Waals surface area contributed by atoms with Crippen molar-refractivity contribution in [1.29, 1.82) is 0 Å². The second-order valence-electron chi connectivity index (χ2n) is 5.11. The minimum Gasteiger partial charge on any atom is -0.340 e. The van der Waals surface area contributed by atoms with Crippen molar-refractivity contribution in [2.75, 3.05) is 26.2 Å². The average molecular weight is 210 g/mol. The van der Waals surface area contributed by atoms with Gasteiger partial charge in [0.15, 0.2) is 0 Å². The highest BCUT2D eigenvalue weighted by Gasteiger charge is 2.28. The summed E-state index contributed by atoms with van der Waals surface area (Å²) >= 11 is 0. The van der Waals surface area contributed by atoms with Gasteiger partial charge >= 0.3 is 0 Å². The van der Waals surface area contributed by atoms with Gasteiger partial charge in [0.1, 0.15) is 0 Å². The zero-order valence-corrected chi connectivity index (χ0v) is 9.91. The summed E-state index contributed by atoms with van der Waals surface area (Å²) in [5, 5.41) is 0. The molecule has 0 N–H and O–H groups in total. The van der Waals surface area contributed by atoms with Crippen LogP contribution in [-0.4, -0.2) is 47.9 Å². The van der Waals surface area contributed by atoms with Gasteiger partial charge in [-0.1, -0.05) is 6.42 Å². The van der Waals surface area contributed by atoms with Crippen LogP contribution < -0.4 is 0 Å². The molecule has 0 aromatic rings. The third-order valence-corrected chi connectivity index (χ3v) is 3.93. The van der Waals surface area contributed by atoms with E-state index < -0.39 is 0 Å². The van der Waals surface area contributed by atoms with Crippen LogP contribution in [0.3, 0.4) is 0 Å². The maximum Gasteiger partial charge on any atom is 0.219 e. The van der Waals surface area contributed by atoms with Gasteiger partial charge in [0.2, 0.25) is 5.91 Å². The van der Waals surface area contributed by atoms with Crippen LogP contribution in [-0.2, 0) is 4.79 Å². The monoisotopic (exact) mass is 210 g/mol. The Morgan fingerprint density at radius 2 is 2.07 bits per heavy atom. The molecule has 1 unspecified atom stereocenters. The van der Waals surface area contributed by atoms with E-state index in [0.29, 0.717) is 6.04 Å². The Bertz CT molecular complexity index is 238. The van der Waals surface area contributed by atoms with Crippen molar-refractivity contribution in [2.24, 2.45) is 5.92 Å². The summed E-state index contributed by atoms with van der Waals surface area (Å²) in [5.74, 6) is 1.17. The Balaban J connectivity index is 1.80. The second kappa shape index (κ2) is 4.52. The lowest BCUT2D eigenvalue weighted by Crippen LogP contribution is -2.54. The molecule has 1 aliphatic heterocycles. The number of hydrogen-bond donors (Lipinski definition) is 0. The van der Waals surface area contributed by atoms with Gasteiger partial charge in [-0.05, 0) is 25.7 Å². The minimum absolute atomic E-state index is 0.227. The number of rotatable bonds is 2. The Hall–Kier alpha value is -0.570. The highest BCUT2D eigenvalue weighted by Crippen LogP contribution is 2.28. The van der Waals surface area contributed by atoms with Crippen LogP contribution in [0.15, 0.2) is 0 Å². The van der Waals surface area contributed by atoms with E-state index in [-0.39, 0.29) is 5.91 Å². The van der Waals surface area contributed by atoms with Crippen molar-refractivity contribution in [3.8, 4) is 0 Å². The third-order valence-electron chi connectivity index (χ3n) is 3.93. The maximum absolute atomic E-state index is 11.2. The van der Waals surface area contributed by atoms with Crippen molar-refractivity contribution in [1.82, 2.24) is 9.80 Å². The number of piperazine rings is 1. The molecule has 15 heavy (non-hydrogen) atoms. The first kappa shape index (κ1) is 10.9. The van der Waals surface area contributed by atoms with E-state index in [9.17, 15) is 4.79 Å². The SMILES string of the molecule is CC(=O)N1CCN(CC2CCC2)C(C)C1. The molecule has 0 bridgehead atoms. The van der Waals surface area contributed by atoms with E-state index in [1.807, 2.05) is 4.90 Å². The molecule has 1 aliphatic carbocycles. The molecular formula is C12H22N2O. The average Bonchev–Trinajstić information content (AvgIpc) is 2.12. The quantitative estimate of drug-likeness (QED) is 0.686. The summed E-state index contributed by atoms with van der Waals surface area (Å²) in [6.07, 6.45) is 4.26. The smallest absolute Gasteiger partial charge is 0.219 e. The molecule has 1 saturated carbocycles. The first-order valence-electron chi connectivity index (χ1n) is 6.16. The van der Waals surface area contributed by atoms with Crippen LogP contribution in [0.5, 0.6) is 0 Å². The van der Waals surface area contributed by atoms with E-state index in [1.165, 1.54) is 25.8 Å². The van der Waals surface area contributed by atoms with E-state index in [2.05, 4.69) is 11.8 Å². The fraction of sp³-hybridized carbons (Fsp3) is 0.917. The van der Waals surface area contributed by atoms with Crippen molar-refractivity contribution >= 4 is 5.91 Å². The molecular weight excluding hydrogens is 188 g/mol. The van der Waals surface area contributed by atoms with Gasteiger partial charge in [-0.3, -0.25) is 9.69 Å². The van der Waals surface area contributed by atoms with Gasteiger partial charge in [-0.15, -0.1) is 0 Å². The summed E-state index contributed by atoms with van der Waals surface area (Å²) in [5.41, 5.74) is 0. The number of nitrogens with zero attached hydrogens (tertiary/aromatic N) is 2. The molecule has 3 nitrogen and oxygen atoms in total. The van der Waals surface area contributed by atoms with Crippen LogP contribution >= 0.6 is 0 Å². The molecule has 0 aromatic carbocycles. The highest BCUT2D eigenvalue weighted by atomic mass is 16.2. The number of amides is 1. The van der Waals surface area contributed by atoms with Gasteiger partial charge < -0.3 is 4.90 Å². The van der Waals surface area contributed by atoms with Gasteiger partial charge in [0, 0.05) is 39.1 Å². The van der Waals surface area contributed by atoms with Crippen LogP contribution in [0.2, 0.25) is 0 Å². The predicted molar refractivity (Wildman–Crippen MR) is 60.6 cm³/mol. The van der Waals surface area contributed by atoms with E-state index in [1.54, 1.807) is 6.92 Å². The minimum atomic E-state index is 0.227. The Labute approximate surface area is 92.4 Å². The zero-order valence-electron chi connectivity index (χ0n) is 9.91. The zero-order chi connectivity index (χ0) is 10.8. The Morgan fingerprint density at radius 3 is 2.53 bits per heavy atom. The maximum atomic E-state index is 11.2. The molecule has 2 fully saturated rings. The van der Waals surface area contributed by atoms with Crippen LogP contribution in [0.1, 0.15) is 33.1 Å².